The van der Waals surface area contributed by atoms with Gasteiger partial charge < -0.3 is 9.84 Å². The first-order valence-electron chi connectivity index (χ1n) is 3.72. The maximum Gasteiger partial charge on any atom is 0.341 e. The van der Waals surface area contributed by atoms with Crippen LogP contribution < -0.4 is 4.74 Å². The van der Waals surface area contributed by atoms with E-state index >= 15 is 0 Å². The zero-order chi connectivity index (χ0) is 11.6. The third-order valence-corrected chi connectivity index (χ3v) is 1.66. The molecule has 1 N–H and O–H groups in total. The third-order valence-electron chi connectivity index (χ3n) is 1.66. The number of alkyl halides is 2. The summed E-state index contributed by atoms with van der Waals surface area (Å²) in [6.45, 7) is 0. The number of ether oxygens (including phenoxy) is 1. The quantitative estimate of drug-likeness (QED) is 0.846. The summed E-state index contributed by atoms with van der Waals surface area (Å²) in [5, 5.41) is 8.63. The maximum absolute atomic E-state index is 12.9. The van der Waals surface area contributed by atoms with Gasteiger partial charge in [-0.3, -0.25) is 0 Å². The second-order valence-electron chi connectivity index (χ2n) is 2.51. The van der Waals surface area contributed by atoms with Crippen LogP contribution in [0.4, 0.5) is 13.2 Å². The van der Waals surface area contributed by atoms with Gasteiger partial charge in [-0.2, -0.15) is 0 Å². The fourth-order valence-corrected chi connectivity index (χ4v) is 1.06. The predicted octanol–water partition coefficient (Wildman–Crippen LogP) is 1.87. The van der Waals surface area contributed by atoms with Crippen LogP contribution in [-0.2, 0) is 0 Å². The molecule has 0 aliphatic rings. The number of carboxylic acids is 1. The van der Waals surface area contributed by atoms with Crippen molar-refractivity contribution in [2.75, 3.05) is 7.11 Å². The van der Waals surface area contributed by atoms with Gasteiger partial charge >= 0.3 is 5.97 Å². The molecule has 0 unspecified atom stereocenters. The summed E-state index contributed by atoms with van der Waals surface area (Å²) >= 11 is 0. The van der Waals surface area contributed by atoms with Gasteiger partial charge in [0.15, 0.2) is 5.82 Å². The van der Waals surface area contributed by atoms with Crippen LogP contribution >= 0.6 is 0 Å². The topological polar surface area (TPSA) is 59.4 Å². The Kier molecular flexibility index (Phi) is 3.13. The predicted molar refractivity (Wildman–Crippen MR) is 42.7 cm³/mol. The van der Waals surface area contributed by atoms with E-state index in [9.17, 15) is 18.0 Å². The molecule has 1 aromatic rings. The van der Waals surface area contributed by atoms with Crippen molar-refractivity contribution in [1.82, 2.24) is 4.98 Å². The van der Waals surface area contributed by atoms with Crippen LogP contribution in [0, 0.1) is 5.82 Å². The van der Waals surface area contributed by atoms with Crippen molar-refractivity contribution >= 4 is 5.97 Å². The highest BCUT2D eigenvalue weighted by Crippen LogP contribution is 2.30. The molecule has 0 aliphatic heterocycles. The molecule has 0 radical (unpaired) electrons. The molecule has 15 heavy (non-hydrogen) atoms. The number of halogens is 3. The molecule has 0 spiro atoms. The molecule has 4 nitrogen and oxygen atoms in total. The molecule has 0 atom stereocenters. The smallest absolute Gasteiger partial charge is 0.341 e. The van der Waals surface area contributed by atoms with Gasteiger partial charge in [-0.1, -0.05) is 0 Å². The second-order valence-corrected chi connectivity index (χ2v) is 2.51. The van der Waals surface area contributed by atoms with Crippen molar-refractivity contribution in [1.29, 1.82) is 0 Å². The van der Waals surface area contributed by atoms with Gasteiger partial charge in [-0.25, -0.2) is 22.9 Å². The molecule has 1 heterocycles. The lowest BCUT2D eigenvalue weighted by Gasteiger charge is -2.09. The van der Waals surface area contributed by atoms with Crippen LogP contribution in [-0.4, -0.2) is 23.2 Å². The number of hydrogen-bond acceptors (Lipinski definition) is 3. The van der Waals surface area contributed by atoms with Crippen LogP contribution in [0.1, 0.15) is 22.3 Å². The summed E-state index contributed by atoms with van der Waals surface area (Å²) in [6, 6.07) is 0. The fraction of sp³-hybridized carbons (Fsp3) is 0.250. The highest BCUT2D eigenvalue weighted by molar-refractivity contribution is 5.92. The Morgan fingerprint density at radius 3 is 2.60 bits per heavy atom. The van der Waals surface area contributed by atoms with Crippen molar-refractivity contribution in [3.05, 3.63) is 23.1 Å². The molecule has 0 aliphatic carbocycles. The summed E-state index contributed by atoms with van der Waals surface area (Å²) < 4.78 is 42.1. The van der Waals surface area contributed by atoms with Gasteiger partial charge in [0, 0.05) is 0 Å². The molecule has 7 heteroatoms. The molecule has 0 aromatic carbocycles. The number of hydrogen-bond donors (Lipinski definition) is 1. The van der Waals surface area contributed by atoms with E-state index in [1.54, 1.807) is 0 Å². The summed E-state index contributed by atoms with van der Waals surface area (Å²) in [6.07, 6.45) is -2.75. The minimum absolute atomic E-state index is 0.493. The second kappa shape index (κ2) is 4.16. The Bertz CT molecular complexity index is 395. The van der Waals surface area contributed by atoms with Crippen molar-refractivity contribution in [3.8, 4) is 5.88 Å². The first kappa shape index (κ1) is 11.3. The number of pyridine rings is 1. The first-order valence-corrected chi connectivity index (χ1v) is 3.72. The van der Waals surface area contributed by atoms with Gasteiger partial charge in [-0.05, 0) is 0 Å². The van der Waals surface area contributed by atoms with E-state index in [-0.39, 0.29) is 0 Å². The monoisotopic (exact) mass is 221 g/mol. The molecular weight excluding hydrogens is 215 g/mol. The van der Waals surface area contributed by atoms with Crippen LogP contribution in [0.2, 0.25) is 0 Å². The molecule has 0 amide bonds. The summed E-state index contributed by atoms with van der Waals surface area (Å²) in [4.78, 5) is 13.9. The van der Waals surface area contributed by atoms with E-state index in [4.69, 9.17) is 5.11 Å². The van der Waals surface area contributed by atoms with E-state index in [0.717, 1.165) is 7.11 Å². The van der Waals surface area contributed by atoms with Crippen LogP contribution in [0.3, 0.4) is 0 Å². The maximum atomic E-state index is 12.9. The number of carbonyl (C=O) groups is 1. The molecule has 1 aromatic heterocycles. The number of aromatic carboxylic acids is 1. The molecule has 0 bridgehead atoms. The van der Waals surface area contributed by atoms with Crippen LogP contribution in [0.25, 0.3) is 0 Å². The summed E-state index contributed by atoms with van der Waals surface area (Å²) in [7, 11) is 1.06. The normalized spacial score (nSPS) is 10.5. The summed E-state index contributed by atoms with van der Waals surface area (Å²) in [5.41, 5.74) is -2.16. The zero-order valence-corrected chi connectivity index (χ0v) is 7.50. The standard InChI is InChI=1S/C8H6F3NO3/c1-15-7-5(8(13)14)4(6(10)11)3(9)2-12-7/h2,6H,1H3,(H,13,14). The van der Waals surface area contributed by atoms with Gasteiger partial charge in [0.2, 0.25) is 5.88 Å². The molecule has 0 saturated heterocycles. The third kappa shape index (κ3) is 2.00. The first-order chi connectivity index (χ1) is 6.99. The Labute approximate surface area is 82.3 Å². The Morgan fingerprint density at radius 2 is 2.20 bits per heavy atom. The molecule has 1 rings (SSSR count). The number of carboxylic acid groups (broad SMARTS) is 1. The number of methoxy groups -OCH3 is 1. The molecule has 0 saturated carbocycles. The lowest BCUT2D eigenvalue weighted by Crippen LogP contribution is -2.09. The average molecular weight is 221 g/mol. The van der Waals surface area contributed by atoms with E-state index < -0.39 is 35.2 Å². The molecule has 82 valence electrons. The lowest BCUT2D eigenvalue weighted by molar-refractivity contribution is 0.0676. The largest absolute Gasteiger partial charge is 0.480 e. The minimum atomic E-state index is -3.24. The summed E-state index contributed by atoms with van der Waals surface area (Å²) in [5.74, 6) is -3.63. The van der Waals surface area contributed by atoms with Crippen molar-refractivity contribution in [3.63, 3.8) is 0 Å². The van der Waals surface area contributed by atoms with E-state index in [1.165, 1.54) is 0 Å². The number of nitrogens with zero attached hydrogens (tertiary/aromatic N) is 1. The lowest BCUT2D eigenvalue weighted by atomic mass is 10.1. The SMILES string of the molecule is COc1ncc(F)c(C(F)F)c1C(=O)O. The molecular formula is C8H6F3NO3. The highest BCUT2D eigenvalue weighted by Gasteiger charge is 2.27. The average Bonchev–Trinajstić information content (AvgIpc) is 2.16. The van der Waals surface area contributed by atoms with Gasteiger partial charge in [-0.15, -0.1) is 0 Å². The Balaban J connectivity index is 3.51. The van der Waals surface area contributed by atoms with Gasteiger partial charge in [0.25, 0.3) is 6.43 Å². The van der Waals surface area contributed by atoms with Gasteiger partial charge in [0.1, 0.15) is 5.56 Å². The van der Waals surface area contributed by atoms with Gasteiger partial charge in [0.05, 0.1) is 18.9 Å². The number of aromatic nitrogens is 1. The zero-order valence-electron chi connectivity index (χ0n) is 7.50. The van der Waals surface area contributed by atoms with E-state index in [2.05, 4.69) is 9.72 Å². The fourth-order valence-electron chi connectivity index (χ4n) is 1.06. The van der Waals surface area contributed by atoms with E-state index in [0.29, 0.717) is 6.20 Å². The number of rotatable bonds is 3. The Hall–Kier alpha value is -1.79. The molecule has 0 fully saturated rings. The van der Waals surface area contributed by atoms with E-state index in [1.807, 2.05) is 0 Å². The van der Waals surface area contributed by atoms with Crippen molar-refractivity contribution in [2.45, 2.75) is 6.43 Å². The van der Waals surface area contributed by atoms with Crippen molar-refractivity contribution < 1.29 is 27.8 Å². The highest BCUT2D eigenvalue weighted by atomic mass is 19.3. The minimum Gasteiger partial charge on any atom is -0.480 e. The Morgan fingerprint density at radius 1 is 1.60 bits per heavy atom. The van der Waals surface area contributed by atoms with Crippen LogP contribution in [0.5, 0.6) is 5.88 Å². The van der Waals surface area contributed by atoms with Crippen molar-refractivity contribution in [2.24, 2.45) is 0 Å². The van der Waals surface area contributed by atoms with Crippen LogP contribution in [0.15, 0.2) is 6.20 Å².